The summed E-state index contributed by atoms with van der Waals surface area (Å²) in [7, 11) is 0. The topological polar surface area (TPSA) is 58.2 Å². The summed E-state index contributed by atoms with van der Waals surface area (Å²) in [4.78, 5) is 23.8. The number of carbonyl (C=O) groups is 2. The van der Waals surface area contributed by atoms with Gasteiger partial charge in [-0.1, -0.05) is 43.7 Å². The van der Waals surface area contributed by atoms with Gasteiger partial charge in [-0.25, -0.2) is 0 Å². The van der Waals surface area contributed by atoms with Crippen LogP contribution in [0.15, 0.2) is 30.3 Å². The lowest BCUT2D eigenvalue weighted by atomic mass is 9.94. The van der Waals surface area contributed by atoms with Crippen LogP contribution in [0.5, 0.6) is 0 Å². The number of rotatable bonds is 7. The van der Waals surface area contributed by atoms with E-state index in [2.05, 4.69) is 17.6 Å². The van der Waals surface area contributed by atoms with E-state index in [0.717, 1.165) is 31.2 Å². The van der Waals surface area contributed by atoms with Gasteiger partial charge in [0.1, 0.15) is 0 Å². The summed E-state index contributed by atoms with van der Waals surface area (Å²) < 4.78 is 0. The highest BCUT2D eigenvalue weighted by atomic mass is 16.2. The minimum atomic E-state index is -0.171. The van der Waals surface area contributed by atoms with Crippen LogP contribution in [-0.2, 0) is 9.59 Å². The molecule has 1 aromatic carbocycles. The Morgan fingerprint density at radius 2 is 1.95 bits per heavy atom. The Labute approximate surface area is 119 Å². The SMILES string of the molecule is CCC[C@@H](C(=O)NCC(=O)NC1CC1)c1ccccc1. The maximum atomic E-state index is 12.2. The van der Waals surface area contributed by atoms with Crippen LogP contribution in [0.25, 0.3) is 0 Å². The predicted octanol–water partition coefficient (Wildman–Crippen LogP) is 1.97. The first-order valence-electron chi connectivity index (χ1n) is 7.32. The average molecular weight is 274 g/mol. The molecule has 108 valence electrons. The zero-order valence-electron chi connectivity index (χ0n) is 11.9. The molecule has 4 nitrogen and oxygen atoms in total. The van der Waals surface area contributed by atoms with Crippen molar-refractivity contribution in [1.29, 1.82) is 0 Å². The molecule has 0 aliphatic heterocycles. The molecule has 0 saturated heterocycles. The molecule has 1 aliphatic carbocycles. The standard InChI is InChI=1S/C16H22N2O2/c1-2-6-14(12-7-4-3-5-8-12)16(20)17-11-15(19)18-13-9-10-13/h3-5,7-8,13-14H,2,6,9-11H2,1H3,(H,17,20)(H,18,19)/t14-/m1/s1. The average Bonchev–Trinajstić information content (AvgIpc) is 3.27. The summed E-state index contributed by atoms with van der Waals surface area (Å²) in [5.74, 6) is -0.330. The van der Waals surface area contributed by atoms with Gasteiger partial charge in [-0.05, 0) is 24.8 Å². The summed E-state index contributed by atoms with van der Waals surface area (Å²) >= 11 is 0. The summed E-state index contributed by atoms with van der Waals surface area (Å²) in [5.41, 5.74) is 1.01. The van der Waals surface area contributed by atoms with E-state index in [4.69, 9.17) is 0 Å². The van der Waals surface area contributed by atoms with Crippen molar-refractivity contribution < 1.29 is 9.59 Å². The number of hydrogen-bond donors (Lipinski definition) is 2. The molecule has 0 unspecified atom stereocenters. The minimum absolute atomic E-state index is 0.0657. The highest BCUT2D eigenvalue weighted by molar-refractivity contribution is 5.88. The van der Waals surface area contributed by atoms with Gasteiger partial charge in [0.25, 0.3) is 0 Å². The molecule has 1 saturated carbocycles. The number of carbonyl (C=O) groups excluding carboxylic acids is 2. The molecule has 1 aliphatic rings. The van der Waals surface area contributed by atoms with E-state index in [0.29, 0.717) is 6.04 Å². The molecule has 1 fully saturated rings. The molecule has 2 rings (SSSR count). The monoisotopic (exact) mass is 274 g/mol. The lowest BCUT2D eigenvalue weighted by Gasteiger charge is -2.16. The first-order chi connectivity index (χ1) is 9.70. The Hall–Kier alpha value is -1.84. The van der Waals surface area contributed by atoms with Crippen molar-refractivity contribution in [3.8, 4) is 0 Å². The van der Waals surface area contributed by atoms with Crippen LogP contribution in [0.1, 0.15) is 44.1 Å². The third kappa shape index (κ3) is 4.37. The number of nitrogens with one attached hydrogen (secondary N) is 2. The van der Waals surface area contributed by atoms with E-state index < -0.39 is 0 Å². The summed E-state index contributed by atoms with van der Waals surface area (Å²) in [5, 5.41) is 5.61. The van der Waals surface area contributed by atoms with Crippen molar-refractivity contribution in [2.45, 2.75) is 44.6 Å². The van der Waals surface area contributed by atoms with Gasteiger partial charge in [0.05, 0.1) is 12.5 Å². The quantitative estimate of drug-likeness (QED) is 0.798. The fraction of sp³-hybridized carbons (Fsp3) is 0.500. The second-order valence-corrected chi connectivity index (χ2v) is 5.31. The second-order valence-electron chi connectivity index (χ2n) is 5.31. The molecular weight excluding hydrogens is 252 g/mol. The zero-order valence-corrected chi connectivity index (χ0v) is 11.9. The van der Waals surface area contributed by atoms with Crippen LogP contribution in [-0.4, -0.2) is 24.4 Å². The van der Waals surface area contributed by atoms with Gasteiger partial charge in [0.15, 0.2) is 0 Å². The molecule has 0 aromatic heterocycles. The predicted molar refractivity (Wildman–Crippen MR) is 78.3 cm³/mol. The van der Waals surface area contributed by atoms with E-state index in [-0.39, 0.29) is 24.3 Å². The molecule has 2 amide bonds. The Balaban J connectivity index is 1.87. The zero-order chi connectivity index (χ0) is 14.4. The first-order valence-corrected chi connectivity index (χ1v) is 7.32. The highest BCUT2D eigenvalue weighted by Crippen LogP contribution is 2.21. The Kier molecular flexibility index (Phi) is 5.16. The van der Waals surface area contributed by atoms with Crippen molar-refractivity contribution in [3.63, 3.8) is 0 Å². The fourth-order valence-electron chi connectivity index (χ4n) is 2.22. The molecular formula is C16H22N2O2. The van der Waals surface area contributed by atoms with Gasteiger partial charge >= 0.3 is 0 Å². The molecule has 4 heteroatoms. The van der Waals surface area contributed by atoms with Crippen LogP contribution >= 0.6 is 0 Å². The number of amides is 2. The van der Waals surface area contributed by atoms with Crippen molar-refractivity contribution in [1.82, 2.24) is 10.6 Å². The summed E-state index contributed by atoms with van der Waals surface area (Å²) in [6.45, 7) is 2.13. The molecule has 0 bridgehead atoms. The van der Waals surface area contributed by atoms with Crippen molar-refractivity contribution >= 4 is 11.8 Å². The normalized spacial score (nSPS) is 15.4. The third-order valence-electron chi connectivity index (χ3n) is 3.46. The number of hydrogen-bond acceptors (Lipinski definition) is 2. The molecule has 0 heterocycles. The van der Waals surface area contributed by atoms with Crippen molar-refractivity contribution in [2.24, 2.45) is 0 Å². The number of benzene rings is 1. The van der Waals surface area contributed by atoms with Gasteiger partial charge in [-0.2, -0.15) is 0 Å². The minimum Gasteiger partial charge on any atom is -0.352 e. The van der Waals surface area contributed by atoms with E-state index in [1.165, 1.54) is 0 Å². The highest BCUT2D eigenvalue weighted by Gasteiger charge is 2.24. The Morgan fingerprint density at radius 1 is 1.25 bits per heavy atom. The van der Waals surface area contributed by atoms with Crippen LogP contribution in [0.4, 0.5) is 0 Å². The Bertz CT molecular complexity index is 455. The van der Waals surface area contributed by atoms with Gasteiger partial charge in [-0.3, -0.25) is 9.59 Å². The van der Waals surface area contributed by atoms with Crippen molar-refractivity contribution in [2.75, 3.05) is 6.54 Å². The maximum absolute atomic E-state index is 12.2. The van der Waals surface area contributed by atoms with Gasteiger partial charge < -0.3 is 10.6 Å². The molecule has 20 heavy (non-hydrogen) atoms. The van der Waals surface area contributed by atoms with Gasteiger partial charge in [-0.15, -0.1) is 0 Å². The lowest BCUT2D eigenvalue weighted by Crippen LogP contribution is -2.39. The summed E-state index contributed by atoms with van der Waals surface area (Å²) in [6.07, 6.45) is 3.84. The van der Waals surface area contributed by atoms with E-state index in [1.807, 2.05) is 30.3 Å². The smallest absolute Gasteiger partial charge is 0.239 e. The maximum Gasteiger partial charge on any atom is 0.239 e. The van der Waals surface area contributed by atoms with E-state index >= 15 is 0 Å². The van der Waals surface area contributed by atoms with Crippen LogP contribution in [0.2, 0.25) is 0 Å². The molecule has 2 N–H and O–H groups in total. The molecule has 0 spiro atoms. The largest absolute Gasteiger partial charge is 0.352 e. The first kappa shape index (κ1) is 14.6. The summed E-state index contributed by atoms with van der Waals surface area (Å²) in [6, 6.07) is 10.1. The van der Waals surface area contributed by atoms with Crippen molar-refractivity contribution in [3.05, 3.63) is 35.9 Å². The Morgan fingerprint density at radius 3 is 2.55 bits per heavy atom. The van der Waals surface area contributed by atoms with Crippen LogP contribution in [0.3, 0.4) is 0 Å². The van der Waals surface area contributed by atoms with Gasteiger partial charge in [0, 0.05) is 6.04 Å². The fourth-order valence-corrected chi connectivity index (χ4v) is 2.22. The van der Waals surface area contributed by atoms with E-state index in [9.17, 15) is 9.59 Å². The van der Waals surface area contributed by atoms with Crippen LogP contribution in [0, 0.1) is 0 Å². The third-order valence-corrected chi connectivity index (χ3v) is 3.46. The molecule has 0 radical (unpaired) electrons. The van der Waals surface area contributed by atoms with E-state index in [1.54, 1.807) is 0 Å². The molecule has 1 atom stereocenters. The van der Waals surface area contributed by atoms with Crippen LogP contribution < -0.4 is 10.6 Å². The lowest BCUT2D eigenvalue weighted by molar-refractivity contribution is -0.127. The van der Waals surface area contributed by atoms with Gasteiger partial charge in [0.2, 0.25) is 11.8 Å². The molecule has 1 aromatic rings. The second kappa shape index (κ2) is 7.08.